The van der Waals surface area contributed by atoms with Gasteiger partial charge >= 0.3 is 5.97 Å². The van der Waals surface area contributed by atoms with Crippen molar-refractivity contribution in [3.8, 4) is 0 Å². The van der Waals surface area contributed by atoms with E-state index in [1.807, 2.05) is 12.1 Å². The number of hydrogen-bond donors (Lipinski definition) is 1. The first-order valence-electron chi connectivity index (χ1n) is 6.68. The van der Waals surface area contributed by atoms with E-state index in [0.717, 1.165) is 14.7 Å². The SMILES string of the molecule is CCOC(=O)c1cnn(C(N)=Nc2ccc3scnc3c2Br)c1. The zero-order valence-electron chi connectivity index (χ0n) is 12.1. The number of nitrogens with zero attached hydrogens (tertiary/aromatic N) is 4. The molecule has 0 atom stereocenters. The average Bonchev–Trinajstić information content (AvgIpc) is 3.19. The van der Waals surface area contributed by atoms with Crippen molar-refractivity contribution in [2.45, 2.75) is 6.92 Å². The quantitative estimate of drug-likeness (QED) is 0.419. The number of halogens is 1. The molecule has 1 aromatic carbocycles. The highest BCUT2D eigenvalue weighted by molar-refractivity contribution is 9.10. The molecule has 118 valence electrons. The lowest BCUT2D eigenvalue weighted by Crippen LogP contribution is -2.22. The van der Waals surface area contributed by atoms with Crippen LogP contribution in [0.5, 0.6) is 0 Å². The number of ether oxygens (including phenoxy) is 1. The van der Waals surface area contributed by atoms with Gasteiger partial charge in [-0.3, -0.25) is 0 Å². The van der Waals surface area contributed by atoms with Crippen LogP contribution >= 0.6 is 27.3 Å². The number of thiazole rings is 1. The molecule has 7 nitrogen and oxygen atoms in total. The molecule has 2 N–H and O–H groups in total. The Morgan fingerprint density at radius 1 is 1.52 bits per heavy atom. The Labute approximate surface area is 143 Å². The van der Waals surface area contributed by atoms with Crippen LogP contribution in [-0.2, 0) is 4.74 Å². The standard InChI is InChI=1S/C14H12BrN5O2S/c1-2-22-13(21)8-5-18-20(6-8)14(16)19-9-3-4-10-12(11(9)15)17-7-23-10/h3-7H,2H2,1H3,(H2,16,19). The number of hydrogen-bond acceptors (Lipinski definition) is 6. The second-order valence-electron chi connectivity index (χ2n) is 4.46. The van der Waals surface area contributed by atoms with Gasteiger partial charge in [-0.2, -0.15) is 5.10 Å². The van der Waals surface area contributed by atoms with Gasteiger partial charge in [0.05, 0.1) is 44.3 Å². The molecule has 0 fully saturated rings. The van der Waals surface area contributed by atoms with Crippen molar-refractivity contribution in [1.82, 2.24) is 14.8 Å². The van der Waals surface area contributed by atoms with Gasteiger partial charge in [-0.25, -0.2) is 19.5 Å². The molecule has 2 heterocycles. The smallest absolute Gasteiger partial charge is 0.341 e. The van der Waals surface area contributed by atoms with Crippen LogP contribution in [0.3, 0.4) is 0 Å². The van der Waals surface area contributed by atoms with E-state index in [-0.39, 0.29) is 5.96 Å². The summed E-state index contributed by atoms with van der Waals surface area (Å²) < 4.78 is 8.05. The van der Waals surface area contributed by atoms with Gasteiger partial charge < -0.3 is 10.5 Å². The minimum absolute atomic E-state index is 0.135. The van der Waals surface area contributed by atoms with Gasteiger partial charge in [0.25, 0.3) is 0 Å². The predicted molar refractivity (Wildman–Crippen MR) is 92.2 cm³/mol. The molecular formula is C14H12BrN5O2S. The summed E-state index contributed by atoms with van der Waals surface area (Å²) in [6, 6.07) is 3.77. The van der Waals surface area contributed by atoms with Crippen molar-refractivity contribution in [3.63, 3.8) is 0 Å². The van der Waals surface area contributed by atoms with Crippen LogP contribution in [0.2, 0.25) is 0 Å². The molecule has 0 saturated carbocycles. The normalized spacial score (nSPS) is 11.8. The number of carbonyl (C=O) groups excluding carboxylic acids is 1. The Kier molecular flexibility index (Phi) is 4.39. The third-order valence-electron chi connectivity index (χ3n) is 2.98. The van der Waals surface area contributed by atoms with E-state index in [2.05, 4.69) is 31.0 Å². The number of carbonyl (C=O) groups is 1. The van der Waals surface area contributed by atoms with Gasteiger partial charge in [-0.05, 0) is 35.0 Å². The summed E-state index contributed by atoms with van der Waals surface area (Å²) in [4.78, 5) is 20.3. The molecule has 0 aliphatic carbocycles. The lowest BCUT2D eigenvalue weighted by molar-refractivity contribution is 0.0526. The van der Waals surface area contributed by atoms with Crippen LogP contribution in [0.15, 0.2) is 39.5 Å². The van der Waals surface area contributed by atoms with Crippen molar-refractivity contribution in [2.24, 2.45) is 10.7 Å². The first-order valence-corrected chi connectivity index (χ1v) is 8.35. The molecule has 0 radical (unpaired) electrons. The highest BCUT2D eigenvalue weighted by atomic mass is 79.9. The fourth-order valence-electron chi connectivity index (χ4n) is 1.92. The maximum Gasteiger partial charge on any atom is 0.341 e. The fourth-order valence-corrected chi connectivity index (χ4v) is 3.27. The average molecular weight is 394 g/mol. The molecule has 3 aromatic rings. The topological polar surface area (TPSA) is 95.4 Å². The number of aromatic nitrogens is 3. The van der Waals surface area contributed by atoms with Crippen LogP contribution in [0.4, 0.5) is 5.69 Å². The van der Waals surface area contributed by atoms with E-state index in [1.165, 1.54) is 17.1 Å². The molecule has 3 rings (SSSR count). The number of esters is 1. The molecule has 23 heavy (non-hydrogen) atoms. The molecule has 0 aliphatic heterocycles. The zero-order valence-corrected chi connectivity index (χ0v) is 14.5. The lowest BCUT2D eigenvalue weighted by Gasteiger charge is -2.03. The molecule has 9 heteroatoms. The second kappa shape index (κ2) is 6.47. The second-order valence-corrected chi connectivity index (χ2v) is 6.14. The first-order chi connectivity index (χ1) is 11.1. The van der Waals surface area contributed by atoms with Crippen LogP contribution in [0.25, 0.3) is 10.2 Å². The summed E-state index contributed by atoms with van der Waals surface area (Å²) in [5.41, 5.74) is 9.51. The van der Waals surface area contributed by atoms with E-state index in [0.29, 0.717) is 17.9 Å². The molecule has 0 bridgehead atoms. The number of aliphatic imine (C=N–C) groups is 1. The Morgan fingerprint density at radius 3 is 3.13 bits per heavy atom. The van der Waals surface area contributed by atoms with Gasteiger partial charge in [-0.15, -0.1) is 11.3 Å². The summed E-state index contributed by atoms with van der Waals surface area (Å²) >= 11 is 5.04. The Morgan fingerprint density at radius 2 is 2.35 bits per heavy atom. The summed E-state index contributed by atoms with van der Waals surface area (Å²) in [7, 11) is 0. The third kappa shape index (κ3) is 3.10. The van der Waals surface area contributed by atoms with Crippen molar-refractivity contribution >= 4 is 55.1 Å². The van der Waals surface area contributed by atoms with Crippen molar-refractivity contribution in [2.75, 3.05) is 6.61 Å². The van der Waals surface area contributed by atoms with Crippen LogP contribution in [0, 0.1) is 0 Å². The lowest BCUT2D eigenvalue weighted by atomic mass is 10.3. The summed E-state index contributed by atoms with van der Waals surface area (Å²) in [5.74, 6) is -0.313. The predicted octanol–water partition coefficient (Wildman–Crippen LogP) is 2.93. The molecular weight excluding hydrogens is 382 g/mol. The monoisotopic (exact) mass is 393 g/mol. The molecule has 0 aliphatic rings. The summed E-state index contributed by atoms with van der Waals surface area (Å²) in [6.07, 6.45) is 2.87. The number of fused-ring (bicyclic) bond motifs is 1. The van der Waals surface area contributed by atoms with Crippen molar-refractivity contribution < 1.29 is 9.53 Å². The van der Waals surface area contributed by atoms with Crippen LogP contribution in [0.1, 0.15) is 17.3 Å². The number of nitrogens with two attached hydrogens (primary N) is 1. The van der Waals surface area contributed by atoms with E-state index in [9.17, 15) is 4.79 Å². The van der Waals surface area contributed by atoms with Crippen molar-refractivity contribution in [1.29, 1.82) is 0 Å². The maximum absolute atomic E-state index is 11.6. The molecule has 0 amide bonds. The minimum atomic E-state index is -0.448. The fraction of sp³-hybridized carbons (Fsp3) is 0.143. The highest BCUT2D eigenvalue weighted by Gasteiger charge is 2.12. The first kappa shape index (κ1) is 15.6. The van der Waals surface area contributed by atoms with E-state index < -0.39 is 5.97 Å². The Hall–Kier alpha value is -2.26. The summed E-state index contributed by atoms with van der Waals surface area (Å²) in [5, 5.41) is 4.03. The Balaban J connectivity index is 1.92. The van der Waals surface area contributed by atoms with Crippen LogP contribution < -0.4 is 5.73 Å². The zero-order chi connectivity index (χ0) is 16.4. The van der Waals surface area contributed by atoms with Gasteiger partial charge in [0.15, 0.2) is 0 Å². The van der Waals surface area contributed by atoms with Crippen LogP contribution in [-0.4, -0.2) is 33.3 Å². The van der Waals surface area contributed by atoms with Gasteiger partial charge in [-0.1, -0.05) is 0 Å². The minimum Gasteiger partial charge on any atom is -0.462 e. The van der Waals surface area contributed by atoms with E-state index in [1.54, 1.807) is 23.8 Å². The number of rotatable bonds is 3. The Bertz CT molecular complexity index is 902. The maximum atomic E-state index is 11.6. The van der Waals surface area contributed by atoms with Crippen molar-refractivity contribution in [3.05, 3.63) is 40.1 Å². The molecule has 0 saturated heterocycles. The summed E-state index contributed by atoms with van der Waals surface area (Å²) in [6.45, 7) is 2.04. The molecule has 0 unspecified atom stereocenters. The third-order valence-corrected chi connectivity index (χ3v) is 4.56. The van der Waals surface area contributed by atoms with Gasteiger partial charge in [0.2, 0.25) is 5.96 Å². The van der Waals surface area contributed by atoms with Gasteiger partial charge in [0, 0.05) is 6.20 Å². The van der Waals surface area contributed by atoms with Gasteiger partial charge in [0.1, 0.15) is 0 Å². The number of benzene rings is 1. The molecule has 0 spiro atoms. The largest absolute Gasteiger partial charge is 0.462 e. The highest BCUT2D eigenvalue weighted by Crippen LogP contribution is 2.34. The molecule has 2 aromatic heterocycles. The van der Waals surface area contributed by atoms with E-state index >= 15 is 0 Å². The van der Waals surface area contributed by atoms with E-state index in [4.69, 9.17) is 10.5 Å².